The summed E-state index contributed by atoms with van der Waals surface area (Å²) in [5.74, 6) is 5.18. The van der Waals surface area contributed by atoms with Crippen LogP contribution in [-0.4, -0.2) is 116 Å². The van der Waals surface area contributed by atoms with Gasteiger partial charge in [0.05, 0.1) is 39.6 Å². The molecule has 7 unspecified atom stereocenters. The van der Waals surface area contributed by atoms with E-state index in [9.17, 15) is 0 Å². The molecule has 0 spiro atoms. The molecule has 6 aromatic carbocycles. The van der Waals surface area contributed by atoms with E-state index in [1.165, 1.54) is 33.4 Å². The molecule has 72 heavy (non-hydrogen) atoms. The summed E-state index contributed by atoms with van der Waals surface area (Å²) in [7, 11) is 0. The molecule has 0 bridgehead atoms. The SMILES string of the molecule is CC(c1ccc(OCC2CO2)cc1)c1ccc(OCC2CO2)c(Cc2cc(Cc3ccc(OCC4CO4)cc3)cc(Cc3cc(Cc4ccc(OCC5CO5)cc4)ccc3OCC3CO3)c2OCC2CO2)c1. The van der Waals surface area contributed by atoms with Gasteiger partial charge >= 0.3 is 0 Å². The van der Waals surface area contributed by atoms with Gasteiger partial charge in [0.15, 0.2) is 0 Å². The maximum Gasteiger partial charge on any atom is 0.126 e. The second-order valence-electron chi connectivity index (χ2n) is 19.9. The fraction of sp³-hybridized carbons (Fsp3) is 0.400. The minimum atomic E-state index is 0.0534. The van der Waals surface area contributed by atoms with E-state index in [0.717, 1.165) is 83.0 Å². The average molecular weight is 975 g/mol. The predicted molar refractivity (Wildman–Crippen MR) is 269 cm³/mol. The van der Waals surface area contributed by atoms with Crippen LogP contribution in [0.2, 0.25) is 0 Å². The van der Waals surface area contributed by atoms with Crippen LogP contribution in [0.1, 0.15) is 68.5 Å². The lowest BCUT2D eigenvalue weighted by molar-refractivity contribution is 0.257. The molecule has 6 aromatic rings. The van der Waals surface area contributed by atoms with Crippen molar-refractivity contribution in [1.29, 1.82) is 0 Å². The van der Waals surface area contributed by atoms with Gasteiger partial charge in [0.2, 0.25) is 0 Å². The maximum absolute atomic E-state index is 6.96. The van der Waals surface area contributed by atoms with Gasteiger partial charge < -0.3 is 56.8 Å². The average Bonchev–Trinajstić information content (AvgIpc) is 4.19. The molecule has 6 fully saturated rings. The van der Waals surface area contributed by atoms with Gasteiger partial charge in [-0.1, -0.05) is 79.7 Å². The van der Waals surface area contributed by atoms with Crippen molar-refractivity contribution in [2.24, 2.45) is 0 Å². The molecule has 0 aromatic heterocycles. The van der Waals surface area contributed by atoms with Crippen molar-refractivity contribution in [2.75, 3.05) is 79.3 Å². The number of benzene rings is 6. The summed E-state index contributed by atoms with van der Waals surface area (Å²) >= 11 is 0. The van der Waals surface area contributed by atoms with Crippen molar-refractivity contribution < 1.29 is 56.8 Å². The zero-order valence-electron chi connectivity index (χ0n) is 40.8. The first kappa shape index (κ1) is 46.9. The Morgan fingerprint density at radius 3 is 1.15 bits per heavy atom. The molecule has 12 heteroatoms. The maximum atomic E-state index is 6.96. The van der Waals surface area contributed by atoms with Crippen LogP contribution in [0.4, 0.5) is 0 Å². The third-order valence-corrected chi connectivity index (χ3v) is 13.8. The van der Waals surface area contributed by atoms with Crippen LogP contribution in [0, 0.1) is 0 Å². The summed E-state index contributed by atoms with van der Waals surface area (Å²) < 4.78 is 71.0. The number of epoxide rings is 6. The number of rotatable bonds is 28. The minimum absolute atomic E-state index is 0.0534. The third-order valence-electron chi connectivity index (χ3n) is 13.8. The molecule has 12 nitrogen and oxygen atoms in total. The molecule has 0 aliphatic carbocycles. The fourth-order valence-electron chi connectivity index (χ4n) is 8.97. The van der Waals surface area contributed by atoms with Crippen LogP contribution >= 0.6 is 0 Å². The lowest BCUT2D eigenvalue weighted by atomic mass is 9.89. The molecule has 12 rings (SSSR count). The van der Waals surface area contributed by atoms with E-state index in [2.05, 4.69) is 116 Å². The monoisotopic (exact) mass is 974 g/mol. The first-order chi connectivity index (χ1) is 35.4. The molecule has 0 amide bonds. The molecule has 6 aliphatic heterocycles. The molecule has 6 aliphatic rings. The molecule has 0 N–H and O–H groups in total. The Labute approximate surface area is 421 Å². The lowest BCUT2D eigenvalue weighted by Gasteiger charge is -2.22. The highest BCUT2D eigenvalue weighted by Crippen LogP contribution is 2.38. The van der Waals surface area contributed by atoms with E-state index in [-0.39, 0.29) is 42.5 Å². The highest BCUT2D eigenvalue weighted by atomic mass is 16.6. The Hall–Kier alpha value is -6.12. The summed E-state index contributed by atoms with van der Waals surface area (Å²) in [6, 6.07) is 43.1. The van der Waals surface area contributed by atoms with E-state index in [1.807, 2.05) is 12.1 Å². The summed E-state index contributed by atoms with van der Waals surface area (Å²) in [5.41, 5.74) is 11.4. The molecular formula is C60H62O12. The van der Waals surface area contributed by atoms with E-state index >= 15 is 0 Å². The first-order valence-electron chi connectivity index (χ1n) is 25.6. The number of ether oxygens (including phenoxy) is 12. The van der Waals surface area contributed by atoms with Crippen molar-refractivity contribution >= 4 is 0 Å². The smallest absolute Gasteiger partial charge is 0.126 e. The predicted octanol–water partition coefficient (Wildman–Crippen LogP) is 8.87. The van der Waals surface area contributed by atoms with Gasteiger partial charge in [-0.25, -0.2) is 0 Å². The molecule has 7 atom stereocenters. The van der Waals surface area contributed by atoms with Crippen LogP contribution in [0.5, 0.6) is 34.5 Å². The van der Waals surface area contributed by atoms with Crippen LogP contribution in [0.25, 0.3) is 0 Å². The highest BCUT2D eigenvalue weighted by molar-refractivity contribution is 5.54. The van der Waals surface area contributed by atoms with Gasteiger partial charge in [-0.05, 0) is 117 Å². The van der Waals surface area contributed by atoms with Crippen molar-refractivity contribution in [3.63, 3.8) is 0 Å². The van der Waals surface area contributed by atoms with E-state index < -0.39 is 0 Å². The minimum Gasteiger partial charge on any atom is -0.491 e. The second-order valence-corrected chi connectivity index (χ2v) is 19.9. The standard InChI is InChI=1S/C60H62O12/c1-38(43-7-14-51(15-8-43)63-28-54-31-66-54)44-9-17-59(71-36-56-33-68-56)46(23-44)25-48-22-42(19-40-4-12-50(13-5-40)62-27-53-30-65-53)21-47(60(48)72-37-57-34-69-57)24-45-20-41(6-16-58(45)70-35-55-32-67-55)18-39-2-10-49(11-3-39)61-26-52-29-64-52/h2-17,20-23,38,52-57H,18-19,24-37H2,1H3. The Kier molecular flexibility index (Phi) is 14.0. The van der Waals surface area contributed by atoms with Crippen molar-refractivity contribution in [3.8, 4) is 34.5 Å². The summed E-state index contributed by atoms with van der Waals surface area (Å²) in [6.45, 7) is 9.83. The topological polar surface area (TPSA) is 131 Å². The first-order valence-corrected chi connectivity index (χ1v) is 25.6. The molecule has 6 heterocycles. The second kappa shape index (κ2) is 21.5. The van der Waals surface area contributed by atoms with E-state index in [0.29, 0.717) is 78.7 Å². The van der Waals surface area contributed by atoms with Crippen molar-refractivity contribution in [3.05, 3.63) is 177 Å². The molecule has 6 saturated heterocycles. The Morgan fingerprint density at radius 1 is 0.347 bits per heavy atom. The molecule has 0 saturated carbocycles. The zero-order chi connectivity index (χ0) is 48.2. The zero-order valence-corrected chi connectivity index (χ0v) is 40.8. The van der Waals surface area contributed by atoms with Gasteiger partial charge in [0.1, 0.15) is 111 Å². The van der Waals surface area contributed by atoms with Crippen LogP contribution in [0.3, 0.4) is 0 Å². The number of hydrogen-bond donors (Lipinski definition) is 0. The van der Waals surface area contributed by atoms with Crippen LogP contribution in [0.15, 0.2) is 121 Å². The Balaban J connectivity index is 0.888. The van der Waals surface area contributed by atoms with Crippen molar-refractivity contribution in [1.82, 2.24) is 0 Å². The highest BCUT2D eigenvalue weighted by Gasteiger charge is 2.29. The van der Waals surface area contributed by atoms with Gasteiger partial charge in [0, 0.05) is 18.8 Å². The normalized spacial score (nSPS) is 22.3. The van der Waals surface area contributed by atoms with Gasteiger partial charge in [-0.3, -0.25) is 0 Å². The van der Waals surface area contributed by atoms with Crippen molar-refractivity contribution in [2.45, 2.75) is 75.1 Å². The van der Waals surface area contributed by atoms with Gasteiger partial charge in [-0.15, -0.1) is 0 Å². The largest absolute Gasteiger partial charge is 0.491 e. The van der Waals surface area contributed by atoms with Crippen LogP contribution in [-0.2, 0) is 54.1 Å². The van der Waals surface area contributed by atoms with Gasteiger partial charge in [-0.2, -0.15) is 0 Å². The molecule has 374 valence electrons. The Bertz CT molecular complexity index is 2770. The quantitative estimate of drug-likeness (QED) is 0.0436. The Morgan fingerprint density at radius 2 is 0.694 bits per heavy atom. The molecule has 0 radical (unpaired) electrons. The fourth-order valence-corrected chi connectivity index (χ4v) is 8.97. The van der Waals surface area contributed by atoms with E-state index in [1.54, 1.807) is 0 Å². The van der Waals surface area contributed by atoms with E-state index in [4.69, 9.17) is 56.8 Å². The summed E-state index contributed by atoms with van der Waals surface area (Å²) in [4.78, 5) is 0. The number of hydrogen-bond acceptors (Lipinski definition) is 12. The summed E-state index contributed by atoms with van der Waals surface area (Å²) in [6.07, 6.45) is 3.49. The summed E-state index contributed by atoms with van der Waals surface area (Å²) in [5, 5.41) is 0. The lowest BCUT2D eigenvalue weighted by Crippen LogP contribution is -2.12. The van der Waals surface area contributed by atoms with Crippen LogP contribution < -0.4 is 28.4 Å². The van der Waals surface area contributed by atoms with Gasteiger partial charge in [0.25, 0.3) is 0 Å². The third kappa shape index (κ3) is 13.3. The molecular weight excluding hydrogens is 913 g/mol.